The summed E-state index contributed by atoms with van der Waals surface area (Å²) in [6, 6.07) is 6.32. The van der Waals surface area contributed by atoms with Gasteiger partial charge >= 0.3 is 5.76 Å². The second kappa shape index (κ2) is 3.79. The Hall–Kier alpha value is -1.73. The monoisotopic (exact) mass is 226 g/mol. The van der Waals surface area contributed by atoms with E-state index in [0.717, 1.165) is 0 Å². The summed E-state index contributed by atoms with van der Waals surface area (Å²) in [5.41, 5.74) is 0.365. The smallest absolute Gasteiger partial charge is 0.302 e. The summed E-state index contributed by atoms with van der Waals surface area (Å²) in [5, 5.41) is 3.44. The maximum absolute atomic E-state index is 11.0. The van der Waals surface area contributed by atoms with E-state index in [1.807, 2.05) is 0 Å². The van der Waals surface area contributed by atoms with Gasteiger partial charge in [-0.05, 0) is 12.1 Å². The van der Waals surface area contributed by atoms with E-state index in [1.165, 1.54) is 6.07 Å². The van der Waals surface area contributed by atoms with Gasteiger partial charge in [-0.1, -0.05) is 17.3 Å². The summed E-state index contributed by atoms with van der Waals surface area (Å²) in [5.74, 6) is -0.568. The van der Waals surface area contributed by atoms with Crippen LogP contribution >= 0.6 is 0 Å². The van der Waals surface area contributed by atoms with Crippen LogP contribution in [0.1, 0.15) is 0 Å². The van der Waals surface area contributed by atoms with Crippen molar-refractivity contribution >= 4 is 11.1 Å². The topological polar surface area (TPSA) is 96.2 Å². The predicted octanol–water partition coefficient (Wildman–Crippen LogP) is 0.610. The minimum absolute atomic E-state index is 0.137. The number of aromatic nitrogens is 2. The van der Waals surface area contributed by atoms with Gasteiger partial charge in [-0.2, -0.15) is 0 Å². The van der Waals surface area contributed by atoms with Gasteiger partial charge < -0.3 is 4.55 Å². The van der Waals surface area contributed by atoms with Crippen LogP contribution in [0.5, 0.6) is 0 Å². The molecule has 0 aliphatic rings. The molecular weight excluding hydrogens is 220 g/mol. The van der Waals surface area contributed by atoms with Gasteiger partial charge in [0.05, 0.1) is 4.90 Å². The minimum Gasteiger partial charge on any atom is -0.302 e. The Labute approximate surface area is 86.2 Å². The Bertz CT molecular complexity index is 560. The molecular formula is C8H6N2O4S. The summed E-state index contributed by atoms with van der Waals surface area (Å²) in [6.07, 6.45) is 0. The quantitative estimate of drug-likeness (QED) is 0.731. The molecule has 0 spiro atoms. The molecule has 0 bridgehead atoms. The van der Waals surface area contributed by atoms with E-state index in [0.29, 0.717) is 5.56 Å². The molecule has 0 saturated heterocycles. The number of hydrogen-bond donors (Lipinski definition) is 2. The number of H-pyrrole nitrogens is 1. The van der Waals surface area contributed by atoms with Crippen LogP contribution in [0.25, 0.3) is 11.4 Å². The minimum atomic E-state index is -2.14. The van der Waals surface area contributed by atoms with E-state index in [1.54, 1.807) is 18.2 Å². The molecule has 78 valence electrons. The van der Waals surface area contributed by atoms with Gasteiger partial charge in [-0.3, -0.25) is 9.51 Å². The van der Waals surface area contributed by atoms with Gasteiger partial charge in [0, 0.05) is 5.56 Å². The molecule has 15 heavy (non-hydrogen) atoms. The summed E-state index contributed by atoms with van der Waals surface area (Å²) >= 11 is -2.14. The highest BCUT2D eigenvalue weighted by Gasteiger charge is 2.12. The zero-order valence-electron chi connectivity index (χ0n) is 7.34. The first-order chi connectivity index (χ1) is 7.18. The van der Waals surface area contributed by atoms with Gasteiger partial charge in [0.15, 0.2) is 16.9 Å². The van der Waals surface area contributed by atoms with E-state index in [2.05, 4.69) is 14.7 Å². The third-order valence-corrected chi connectivity index (χ3v) is 2.50. The second-order valence-electron chi connectivity index (χ2n) is 2.69. The van der Waals surface area contributed by atoms with Crippen molar-refractivity contribution in [1.82, 2.24) is 10.1 Å². The summed E-state index contributed by atoms with van der Waals surface area (Å²) < 4.78 is 24.3. The molecule has 1 atom stereocenters. The van der Waals surface area contributed by atoms with Gasteiger partial charge in [0.25, 0.3) is 0 Å². The van der Waals surface area contributed by atoms with Gasteiger partial charge in [0.2, 0.25) is 0 Å². The summed E-state index contributed by atoms with van der Waals surface area (Å²) in [4.78, 5) is 13.2. The normalized spacial score (nSPS) is 12.6. The molecule has 1 heterocycles. The Morgan fingerprint density at radius 2 is 2.13 bits per heavy atom. The molecule has 0 radical (unpaired) electrons. The average Bonchev–Trinajstić information content (AvgIpc) is 2.65. The first-order valence-corrected chi connectivity index (χ1v) is 5.05. The maximum atomic E-state index is 11.0. The lowest BCUT2D eigenvalue weighted by Crippen LogP contribution is -1.97. The van der Waals surface area contributed by atoms with Crippen LogP contribution in [0.3, 0.4) is 0 Å². The third-order valence-electron chi connectivity index (χ3n) is 1.77. The fraction of sp³-hybridized carbons (Fsp3) is 0. The van der Waals surface area contributed by atoms with Crippen molar-refractivity contribution in [2.75, 3.05) is 0 Å². The van der Waals surface area contributed by atoms with Crippen molar-refractivity contribution < 1.29 is 13.3 Å². The Morgan fingerprint density at radius 1 is 1.40 bits per heavy atom. The fourth-order valence-corrected chi connectivity index (χ4v) is 1.71. The number of rotatable bonds is 2. The number of nitrogens with zero attached hydrogens (tertiary/aromatic N) is 1. The van der Waals surface area contributed by atoms with Crippen LogP contribution in [0, 0.1) is 0 Å². The SMILES string of the molecule is O=c1[nH]c(-c2ccccc2S(=O)O)no1. The predicted molar refractivity (Wildman–Crippen MR) is 51.6 cm³/mol. The Kier molecular flexibility index (Phi) is 2.48. The largest absolute Gasteiger partial charge is 0.439 e. The molecule has 6 nitrogen and oxygen atoms in total. The fourth-order valence-electron chi connectivity index (χ4n) is 1.16. The number of aromatic amines is 1. The van der Waals surface area contributed by atoms with Crippen LogP contribution in [0.4, 0.5) is 0 Å². The summed E-state index contributed by atoms with van der Waals surface area (Å²) in [6.45, 7) is 0. The van der Waals surface area contributed by atoms with Crippen LogP contribution in [0.2, 0.25) is 0 Å². The van der Waals surface area contributed by atoms with Gasteiger partial charge in [-0.25, -0.2) is 9.00 Å². The molecule has 0 aliphatic heterocycles. The Balaban J connectivity index is 2.62. The van der Waals surface area contributed by atoms with Crippen LogP contribution in [0.15, 0.2) is 38.5 Å². The zero-order valence-corrected chi connectivity index (χ0v) is 8.15. The molecule has 7 heteroatoms. The van der Waals surface area contributed by atoms with Crippen molar-refractivity contribution in [1.29, 1.82) is 0 Å². The molecule has 0 saturated carbocycles. The lowest BCUT2D eigenvalue weighted by Gasteiger charge is -2.00. The van der Waals surface area contributed by atoms with Crippen molar-refractivity contribution in [2.45, 2.75) is 4.90 Å². The average molecular weight is 226 g/mol. The van der Waals surface area contributed by atoms with E-state index in [9.17, 15) is 9.00 Å². The molecule has 1 aromatic heterocycles. The highest BCUT2D eigenvalue weighted by molar-refractivity contribution is 7.79. The first kappa shape index (κ1) is 9.81. The standard InChI is InChI=1S/C8H6N2O4S/c11-8-9-7(10-14-8)5-3-1-2-4-6(5)15(12)13/h1-4H,(H,12,13)(H,9,10,11). The lowest BCUT2D eigenvalue weighted by atomic mass is 10.2. The number of hydrogen-bond acceptors (Lipinski definition) is 4. The molecule has 1 unspecified atom stereocenters. The van der Waals surface area contributed by atoms with Crippen molar-refractivity contribution in [3.8, 4) is 11.4 Å². The molecule has 2 rings (SSSR count). The molecule has 2 aromatic rings. The first-order valence-electron chi connectivity index (χ1n) is 3.95. The van der Waals surface area contributed by atoms with Crippen molar-refractivity contribution in [2.24, 2.45) is 0 Å². The zero-order chi connectivity index (χ0) is 10.8. The number of benzene rings is 1. The molecule has 2 N–H and O–H groups in total. The molecule has 0 amide bonds. The van der Waals surface area contributed by atoms with E-state index in [-0.39, 0.29) is 10.7 Å². The third kappa shape index (κ3) is 1.88. The summed E-state index contributed by atoms with van der Waals surface area (Å²) in [7, 11) is 0. The molecule has 1 aromatic carbocycles. The Morgan fingerprint density at radius 3 is 2.73 bits per heavy atom. The van der Waals surface area contributed by atoms with Crippen LogP contribution in [-0.2, 0) is 11.1 Å². The van der Waals surface area contributed by atoms with E-state index in [4.69, 9.17) is 4.55 Å². The highest BCUT2D eigenvalue weighted by Crippen LogP contribution is 2.21. The van der Waals surface area contributed by atoms with E-state index >= 15 is 0 Å². The van der Waals surface area contributed by atoms with Gasteiger partial charge in [-0.15, -0.1) is 0 Å². The van der Waals surface area contributed by atoms with Crippen molar-refractivity contribution in [3.63, 3.8) is 0 Å². The number of nitrogens with one attached hydrogen (secondary N) is 1. The molecule has 0 aliphatic carbocycles. The second-order valence-corrected chi connectivity index (χ2v) is 3.63. The highest BCUT2D eigenvalue weighted by atomic mass is 32.2. The van der Waals surface area contributed by atoms with Crippen LogP contribution < -0.4 is 5.76 Å². The van der Waals surface area contributed by atoms with Gasteiger partial charge in [0.1, 0.15) is 0 Å². The van der Waals surface area contributed by atoms with Crippen LogP contribution in [-0.4, -0.2) is 18.9 Å². The van der Waals surface area contributed by atoms with E-state index < -0.39 is 16.8 Å². The van der Waals surface area contributed by atoms with Crippen molar-refractivity contribution in [3.05, 3.63) is 34.8 Å². The maximum Gasteiger partial charge on any atom is 0.439 e. The lowest BCUT2D eigenvalue weighted by molar-refractivity contribution is 0.388. The molecule has 0 fully saturated rings.